The van der Waals surface area contributed by atoms with Crippen LogP contribution in [-0.2, 0) is 11.2 Å². The number of ether oxygens (including phenoxy) is 1. The molecule has 1 heterocycles. The number of thiophene rings is 1. The summed E-state index contributed by atoms with van der Waals surface area (Å²) in [4.78, 5) is 2.12. The van der Waals surface area contributed by atoms with Gasteiger partial charge >= 0.3 is 0 Å². The van der Waals surface area contributed by atoms with Gasteiger partial charge in [0.15, 0.2) is 0 Å². The van der Waals surface area contributed by atoms with Crippen LogP contribution in [0.3, 0.4) is 0 Å². The van der Waals surface area contributed by atoms with E-state index in [0.717, 1.165) is 36.6 Å². The molecule has 0 spiro atoms. The number of hydrogen-bond acceptors (Lipinski definition) is 3. The third-order valence-electron chi connectivity index (χ3n) is 2.85. The Morgan fingerprint density at radius 2 is 2.06 bits per heavy atom. The van der Waals surface area contributed by atoms with Crippen LogP contribution in [0.25, 0.3) is 10.1 Å². The smallest absolute Gasteiger partial charge is 0.0593 e. The third-order valence-corrected chi connectivity index (χ3v) is 4.18. The number of rotatable bonds is 6. The summed E-state index contributed by atoms with van der Waals surface area (Å²) in [5.41, 5.74) is 1.17. The maximum atomic E-state index is 6.39. The average Bonchev–Trinajstić information content (AvgIpc) is 2.80. The van der Waals surface area contributed by atoms with Gasteiger partial charge in [-0.15, -0.1) is 11.3 Å². The number of benzene rings is 1. The molecule has 0 saturated heterocycles. The molecule has 0 aliphatic carbocycles. The number of likely N-dealkylation sites (N-methyl/N-ethyl adjacent to an activating group) is 1. The summed E-state index contributed by atoms with van der Waals surface area (Å²) < 4.78 is 6.85. The van der Waals surface area contributed by atoms with Crippen molar-refractivity contribution in [1.82, 2.24) is 4.90 Å². The molecule has 0 fully saturated rings. The minimum Gasteiger partial charge on any atom is -0.380 e. The summed E-state index contributed by atoms with van der Waals surface area (Å²) in [5.74, 6) is 0. The monoisotopic (exact) mass is 283 g/mol. The second-order valence-corrected chi connectivity index (χ2v) is 5.86. The molecule has 18 heavy (non-hydrogen) atoms. The first kappa shape index (κ1) is 13.8. The molecule has 0 amide bonds. The molecule has 0 bridgehead atoms. The Balaban J connectivity index is 1.89. The Morgan fingerprint density at radius 1 is 1.22 bits per heavy atom. The van der Waals surface area contributed by atoms with E-state index in [-0.39, 0.29) is 0 Å². The maximum absolute atomic E-state index is 6.39. The fourth-order valence-corrected chi connectivity index (χ4v) is 2.95. The lowest BCUT2D eigenvalue weighted by atomic mass is 10.1. The van der Waals surface area contributed by atoms with E-state index in [2.05, 4.69) is 28.5 Å². The normalized spacial score (nSPS) is 11.6. The summed E-state index contributed by atoms with van der Waals surface area (Å²) in [6, 6.07) is 6.33. The highest BCUT2D eigenvalue weighted by atomic mass is 35.5. The van der Waals surface area contributed by atoms with E-state index in [1.165, 1.54) is 10.3 Å². The van der Waals surface area contributed by atoms with E-state index in [0.29, 0.717) is 0 Å². The molecule has 0 unspecified atom stereocenters. The predicted octanol–water partition coefficient (Wildman–Crippen LogP) is 3.68. The van der Waals surface area contributed by atoms with Gasteiger partial charge in [0.1, 0.15) is 0 Å². The van der Waals surface area contributed by atoms with Crippen LogP contribution in [0.2, 0.25) is 5.02 Å². The van der Waals surface area contributed by atoms with Crippen molar-refractivity contribution < 1.29 is 4.74 Å². The predicted molar refractivity (Wildman–Crippen MR) is 79.9 cm³/mol. The molecule has 1 aromatic heterocycles. The van der Waals surface area contributed by atoms with E-state index in [9.17, 15) is 0 Å². The second-order valence-electron chi connectivity index (χ2n) is 4.54. The van der Waals surface area contributed by atoms with Gasteiger partial charge in [-0.25, -0.2) is 0 Å². The first-order chi connectivity index (χ1) is 8.68. The van der Waals surface area contributed by atoms with Crippen LogP contribution < -0.4 is 0 Å². The number of nitrogens with zero attached hydrogens (tertiary/aromatic N) is 1. The largest absolute Gasteiger partial charge is 0.380 e. The first-order valence-corrected chi connectivity index (χ1v) is 7.31. The summed E-state index contributed by atoms with van der Waals surface area (Å²) >= 11 is 8.11. The van der Waals surface area contributed by atoms with Crippen LogP contribution in [0.15, 0.2) is 23.6 Å². The lowest BCUT2D eigenvalue weighted by Crippen LogP contribution is -2.18. The lowest BCUT2D eigenvalue weighted by molar-refractivity contribution is 0.120. The summed E-state index contributed by atoms with van der Waals surface area (Å²) in [6.07, 6.45) is 0.873. The van der Waals surface area contributed by atoms with Crippen LogP contribution in [0, 0.1) is 0 Å². The van der Waals surface area contributed by atoms with E-state index in [1.54, 1.807) is 11.3 Å². The van der Waals surface area contributed by atoms with Crippen molar-refractivity contribution in [2.24, 2.45) is 0 Å². The second kappa shape index (κ2) is 6.53. The quantitative estimate of drug-likeness (QED) is 0.750. The molecular weight excluding hydrogens is 266 g/mol. The van der Waals surface area contributed by atoms with Crippen LogP contribution >= 0.6 is 22.9 Å². The van der Waals surface area contributed by atoms with Crippen LogP contribution in [-0.4, -0.2) is 38.8 Å². The molecule has 4 heteroatoms. The SMILES string of the molecule is CN(C)CCOCCc1ccc2sccc2c1Cl. The minimum atomic E-state index is 0.725. The van der Waals surface area contributed by atoms with Gasteiger partial charge in [0, 0.05) is 16.6 Å². The molecule has 0 radical (unpaired) electrons. The molecular formula is C14H18ClNOS. The van der Waals surface area contributed by atoms with Crippen molar-refractivity contribution in [3.05, 3.63) is 34.2 Å². The Kier molecular flexibility index (Phi) is 5.01. The standard InChI is InChI=1S/C14H18ClNOS/c1-16(2)7-9-17-8-5-11-3-4-13-12(14(11)15)6-10-18-13/h3-4,6,10H,5,7-9H2,1-2H3. The molecule has 0 aliphatic heterocycles. The first-order valence-electron chi connectivity index (χ1n) is 6.05. The Bertz CT molecular complexity index is 509. The van der Waals surface area contributed by atoms with Gasteiger partial charge in [-0.1, -0.05) is 17.7 Å². The molecule has 1 aromatic carbocycles. The third kappa shape index (κ3) is 3.45. The zero-order valence-corrected chi connectivity index (χ0v) is 12.4. The molecule has 2 rings (SSSR count). The highest BCUT2D eigenvalue weighted by molar-refractivity contribution is 7.17. The van der Waals surface area contributed by atoms with E-state index < -0.39 is 0 Å². The van der Waals surface area contributed by atoms with Gasteiger partial charge in [0.2, 0.25) is 0 Å². The molecule has 0 atom stereocenters. The molecule has 2 nitrogen and oxygen atoms in total. The highest BCUT2D eigenvalue weighted by Crippen LogP contribution is 2.31. The zero-order valence-electron chi connectivity index (χ0n) is 10.8. The van der Waals surface area contributed by atoms with E-state index >= 15 is 0 Å². The van der Waals surface area contributed by atoms with Gasteiger partial charge in [-0.05, 0) is 43.6 Å². The van der Waals surface area contributed by atoms with Crippen molar-refractivity contribution in [1.29, 1.82) is 0 Å². The number of halogens is 1. The lowest BCUT2D eigenvalue weighted by Gasteiger charge is -2.10. The topological polar surface area (TPSA) is 12.5 Å². The Hall–Kier alpha value is -0.610. The van der Waals surface area contributed by atoms with E-state index in [1.807, 2.05) is 14.1 Å². The van der Waals surface area contributed by atoms with Crippen molar-refractivity contribution in [2.75, 3.05) is 33.9 Å². The Morgan fingerprint density at radius 3 is 2.83 bits per heavy atom. The summed E-state index contributed by atoms with van der Waals surface area (Å²) in [5, 5.41) is 4.12. The molecule has 0 aliphatic rings. The molecule has 2 aromatic rings. The summed E-state index contributed by atoms with van der Waals surface area (Å²) in [6.45, 7) is 2.45. The molecule has 0 N–H and O–H groups in total. The van der Waals surface area contributed by atoms with Crippen molar-refractivity contribution >= 4 is 33.0 Å². The van der Waals surface area contributed by atoms with Gasteiger partial charge in [-0.3, -0.25) is 0 Å². The Labute approximate surface area is 117 Å². The molecule has 0 saturated carbocycles. The van der Waals surface area contributed by atoms with Crippen molar-refractivity contribution in [3.63, 3.8) is 0 Å². The van der Waals surface area contributed by atoms with Gasteiger partial charge in [-0.2, -0.15) is 0 Å². The van der Waals surface area contributed by atoms with Crippen molar-refractivity contribution in [2.45, 2.75) is 6.42 Å². The average molecular weight is 284 g/mol. The number of hydrogen-bond donors (Lipinski definition) is 0. The van der Waals surface area contributed by atoms with E-state index in [4.69, 9.17) is 16.3 Å². The fraction of sp³-hybridized carbons (Fsp3) is 0.429. The zero-order chi connectivity index (χ0) is 13.0. The maximum Gasteiger partial charge on any atom is 0.0593 e. The van der Waals surface area contributed by atoms with Crippen molar-refractivity contribution in [3.8, 4) is 0 Å². The summed E-state index contributed by atoms with van der Waals surface area (Å²) in [7, 11) is 4.09. The van der Waals surface area contributed by atoms with Crippen LogP contribution in [0.4, 0.5) is 0 Å². The van der Waals surface area contributed by atoms with Gasteiger partial charge in [0.25, 0.3) is 0 Å². The fourth-order valence-electron chi connectivity index (χ4n) is 1.78. The van der Waals surface area contributed by atoms with Crippen LogP contribution in [0.5, 0.6) is 0 Å². The number of fused-ring (bicyclic) bond motifs is 1. The van der Waals surface area contributed by atoms with Gasteiger partial charge in [0.05, 0.1) is 18.2 Å². The highest BCUT2D eigenvalue weighted by Gasteiger charge is 2.06. The van der Waals surface area contributed by atoms with Crippen LogP contribution in [0.1, 0.15) is 5.56 Å². The molecule has 98 valence electrons. The van der Waals surface area contributed by atoms with Gasteiger partial charge < -0.3 is 9.64 Å². The minimum absolute atomic E-state index is 0.725.